The molecule has 0 fully saturated rings. The van der Waals surface area contributed by atoms with Gasteiger partial charge in [0.2, 0.25) is 0 Å². The van der Waals surface area contributed by atoms with Gasteiger partial charge in [-0.25, -0.2) is 9.78 Å². The Hall–Kier alpha value is -1.52. The Labute approximate surface area is 69.8 Å². The van der Waals surface area contributed by atoms with Gasteiger partial charge in [-0.05, 0) is 6.42 Å². The van der Waals surface area contributed by atoms with Gasteiger partial charge in [-0.3, -0.25) is 0 Å². The van der Waals surface area contributed by atoms with Gasteiger partial charge in [0.15, 0.2) is 5.69 Å². The molecular formula is C7H11N3O2. The Balaban J connectivity index is 2.96. The van der Waals surface area contributed by atoms with Crippen molar-refractivity contribution in [1.29, 1.82) is 0 Å². The first-order chi connectivity index (χ1) is 5.66. The Kier molecular flexibility index (Phi) is 2.32. The molecule has 0 aromatic carbocycles. The highest BCUT2D eigenvalue weighted by molar-refractivity contribution is 5.90. The lowest BCUT2D eigenvalue weighted by Gasteiger charge is -2.00. The molecule has 0 radical (unpaired) electrons. The van der Waals surface area contributed by atoms with E-state index in [4.69, 9.17) is 10.8 Å². The molecule has 3 N–H and O–H groups in total. The van der Waals surface area contributed by atoms with Crippen LogP contribution < -0.4 is 5.73 Å². The van der Waals surface area contributed by atoms with Gasteiger partial charge in [-0.1, -0.05) is 6.92 Å². The summed E-state index contributed by atoms with van der Waals surface area (Å²) in [7, 11) is 0. The molecule has 0 saturated carbocycles. The van der Waals surface area contributed by atoms with Gasteiger partial charge in [0.25, 0.3) is 0 Å². The van der Waals surface area contributed by atoms with E-state index in [2.05, 4.69) is 4.98 Å². The van der Waals surface area contributed by atoms with Crippen LogP contribution in [0.2, 0.25) is 0 Å². The average molecular weight is 169 g/mol. The predicted molar refractivity (Wildman–Crippen MR) is 43.9 cm³/mol. The largest absolute Gasteiger partial charge is 0.476 e. The number of aromatic carboxylic acids is 1. The molecule has 0 bridgehead atoms. The Morgan fingerprint density at radius 2 is 2.50 bits per heavy atom. The molecule has 1 rings (SSSR count). The zero-order valence-electron chi connectivity index (χ0n) is 6.82. The van der Waals surface area contributed by atoms with E-state index in [-0.39, 0.29) is 11.5 Å². The van der Waals surface area contributed by atoms with E-state index in [0.29, 0.717) is 6.54 Å². The summed E-state index contributed by atoms with van der Waals surface area (Å²) >= 11 is 0. The number of nitrogens with two attached hydrogens (primary N) is 1. The molecule has 1 aromatic heterocycles. The van der Waals surface area contributed by atoms with Crippen LogP contribution in [0.15, 0.2) is 6.33 Å². The first kappa shape index (κ1) is 8.58. The van der Waals surface area contributed by atoms with Crippen molar-refractivity contribution in [3.63, 3.8) is 0 Å². The number of hydrogen-bond donors (Lipinski definition) is 2. The molecule has 0 saturated heterocycles. The quantitative estimate of drug-likeness (QED) is 0.693. The Bertz CT molecular complexity index is 293. The molecule has 5 nitrogen and oxygen atoms in total. The molecule has 1 heterocycles. The van der Waals surface area contributed by atoms with Crippen molar-refractivity contribution in [1.82, 2.24) is 9.55 Å². The lowest BCUT2D eigenvalue weighted by Crippen LogP contribution is -2.06. The van der Waals surface area contributed by atoms with Crippen LogP contribution in [0.3, 0.4) is 0 Å². The SMILES string of the molecule is CCCn1cnc(C(=O)O)c1N. The Morgan fingerprint density at radius 3 is 2.92 bits per heavy atom. The molecule has 0 aliphatic rings. The number of carboxylic acid groups (broad SMARTS) is 1. The summed E-state index contributed by atoms with van der Waals surface area (Å²) in [5, 5.41) is 8.59. The van der Waals surface area contributed by atoms with Crippen LogP contribution in [-0.2, 0) is 6.54 Å². The molecule has 0 aliphatic carbocycles. The minimum atomic E-state index is -1.08. The van der Waals surface area contributed by atoms with Crippen molar-refractivity contribution in [2.24, 2.45) is 0 Å². The third-order valence-corrected chi connectivity index (χ3v) is 1.55. The monoisotopic (exact) mass is 169 g/mol. The van der Waals surface area contributed by atoms with E-state index >= 15 is 0 Å². The maximum absolute atomic E-state index is 10.5. The fraction of sp³-hybridized carbons (Fsp3) is 0.429. The van der Waals surface area contributed by atoms with E-state index in [1.54, 1.807) is 4.57 Å². The second kappa shape index (κ2) is 3.25. The predicted octanol–water partition coefficient (Wildman–Crippen LogP) is 0.573. The van der Waals surface area contributed by atoms with Crippen LogP contribution >= 0.6 is 0 Å². The fourth-order valence-electron chi connectivity index (χ4n) is 0.976. The summed E-state index contributed by atoms with van der Waals surface area (Å²) in [5.74, 6) is -0.855. The van der Waals surface area contributed by atoms with E-state index < -0.39 is 5.97 Å². The number of rotatable bonds is 3. The van der Waals surface area contributed by atoms with Crippen LogP contribution in [0.5, 0.6) is 0 Å². The topological polar surface area (TPSA) is 81.1 Å². The third-order valence-electron chi connectivity index (χ3n) is 1.55. The minimum absolute atomic E-state index is 0.0662. The number of anilines is 1. The van der Waals surface area contributed by atoms with Crippen molar-refractivity contribution < 1.29 is 9.90 Å². The molecule has 0 spiro atoms. The smallest absolute Gasteiger partial charge is 0.358 e. The van der Waals surface area contributed by atoms with Crippen molar-refractivity contribution in [3.05, 3.63) is 12.0 Å². The molecule has 66 valence electrons. The van der Waals surface area contributed by atoms with Gasteiger partial charge in [-0.15, -0.1) is 0 Å². The summed E-state index contributed by atoms with van der Waals surface area (Å²) in [6, 6.07) is 0. The normalized spacial score (nSPS) is 10.1. The highest BCUT2D eigenvalue weighted by atomic mass is 16.4. The minimum Gasteiger partial charge on any atom is -0.476 e. The summed E-state index contributed by atoms with van der Waals surface area (Å²) in [6.45, 7) is 2.69. The molecule has 0 amide bonds. The molecule has 5 heteroatoms. The van der Waals surface area contributed by atoms with Crippen LogP contribution in [0.25, 0.3) is 0 Å². The van der Waals surface area contributed by atoms with Crippen molar-refractivity contribution in [2.75, 3.05) is 5.73 Å². The maximum Gasteiger partial charge on any atom is 0.358 e. The van der Waals surface area contributed by atoms with Gasteiger partial charge in [0.05, 0.1) is 6.33 Å². The number of carbonyl (C=O) groups is 1. The number of nitrogens with zero attached hydrogens (tertiary/aromatic N) is 2. The number of carboxylic acids is 1. The second-order valence-electron chi connectivity index (χ2n) is 2.48. The highest BCUT2D eigenvalue weighted by Gasteiger charge is 2.13. The summed E-state index contributed by atoms with van der Waals surface area (Å²) < 4.78 is 1.63. The number of nitrogen functional groups attached to an aromatic ring is 1. The summed E-state index contributed by atoms with van der Waals surface area (Å²) in [4.78, 5) is 14.2. The van der Waals surface area contributed by atoms with E-state index in [0.717, 1.165) is 6.42 Å². The van der Waals surface area contributed by atoms with Crippen LogP contribution in [0, 0.1) is 0 Å². The van der Waals surface area contributed by atoms with Crippen LogP contribution in [-0.4, -0.2) is 20.6 Å². The summed E-state index contributed by atoms with van der Waals surface area (Å²) in [6.07, 6.45) is 2.35. The molecule has 12 heavy (non-hydrogen) atoms. The van der Waals surface area contributed by atoms with Crippen molar-refractivity contribution in [2.45, 2.75) is 19.9 Å². The molecule has 0 unspecified atom stereocenters. The molecule has 0 aliphatic heterocycles. The highest BCUT2D eigenvalue weighted by Crippen LogP contribution is 2.09. The molecule has 0 atom stereocenters. The van der Waals surface area contributed by atoms with E-state index in [1.807, 2.05) is 6.92 Å². The second-order valence-corrected chi connectivity index (χ2v) is 2.48. The first-order valence-electron chi connectivity index (χ1n) is 3.70. The average Bonchev–Trinajstić information content (AvgIpc) is 2.34. The van der Waals surface area contributed by atoms with Gasteiger partial charge >= 0.3 is 5.97 Å². The third kappa shape index (κ3) is 1.39. The first-order valence-corrected chi connectivity index (χ1v) is 3.70. The van der Waals surface area contributed by atoms with Gasteiger partial charge in [0.1, 0.15) is 5.82 Å². The van der Waals surface area contributed by atoms with Crippen molar-refractivity contribution >= 4 is 11.8 Å². The van der Waals surface area contributed by atoms with Gasteiger partial charge in [-0.2, -0.15) is 0 Å². The van der Waals surface area contributed by atoms with Crippen LogP contribution in [0.4, 0.5) is 5.82 Å². The number of aromatic nitrogens is 2. The lowest BCUT2D eigenvalue weighted by atomic mass is 10.4. The maximum atomic E-state index is 10.5. The lowest BCUT2D eigenvalue weighted by molar-refractivity contribution is 0.0692. The zero-order valence-corrected chi connectivity index (χ0v) is 6.82. The van der Waals surface area contributed by atoms with Crippen molar-refractivity contribution in [3.8, 4) is 0 Å². The summed E-state index contributed by atoms with van der Waals surface area (Å²) in [5.41, 5.74) is 5.44. The standard InChI is InChI=1S/C7H11N3O2/c1-2-3-10-4-9-5(6(10)8)7(11)12/h4H,2-3,8H2,1H3,(H,11,12). The van der Waals surface area contributed by atoms with Gasteiger partial charge in [0, 0.05) is 6.54 Å². The number of imidazole rings is 1. The van der Waals surface area contributed by atoms with E-state index in [1.165, 1.54) is 6.33 Å². The van der Waals surface area contributed by atoms with Crippen LogP contribution in [0.1, 0.15) is 23.8 Å². The number of hydrogen-bond acceptors (Lipinski definition) is 3. The zero-order chi connectivity index (χ0) is 9.14. The van der Waals surface area contributed by atoms with Gasteiger partial charge < -0.3 is 15.4 Å². The fourth-order valence-corrected chi connectivity index (χ4v) is 0.976. The Morgan fingerprint density at radius 1 is 1.83 bits per heavy atom. The number of aryl methyl sites for hydroxylation is 1. The molecular weight excluding hydrogens is 158 g/mol. The van der Waals surface area contributed by atoms with E-state index in [9.17, 15) is 4.79 Å². The molecule has 1 aromatic rings.